The monoisotopic (exact) mass is 423 g/mol. The van der Waals surface area contributed by atoms with Crippen LogP contribution in [0, 0.1) is 5.92 Å². The maximum absolute atomic E-state index is 11.0. The Bertz CT molecular complexity index is 1240. The van der Waals surface area contributed by atoms with Crippen molar-refractivity contribution in [1.82, 2.24) is 24.5 Å². The van der Waals surface area contributed by atoms with Crippen LogP contribution in [-0.2, 0) is 6.42 Å². The Balaban J connectivity index is 1.31. The molecule has 4 aromatic heterocycles. The minimum absolute atomic E-state index is 0.0138. The smallest absolute Gasteiger partial charge is 0.145 e. The highest BCUT2D eigenvalue weighted by atomic mass is 35.5. The Kier molecular flexibility index (Phi) is 4.67. The molecule has 1 saturated carbocycles. The first-order chi connectivity index (χ1) is 14.5. The Morgan fingerprint density at radius 2 is 1.97 bits per heavy atom. The first kappa shape index (κ1) is 19.0. The lowest BCUT2D eigenvalue weighted by Gasteiger charge is -2.21. The van der Waals surface area contributed by atoms with E-state index in [-0.39, 0.29) is 12.0 Å². The van der Waals surface area contributed by atoms with Gasteiger partial charge in [-0.25, -0.2) is 15.0 Å². The third-order valence-electron chi connectivity index (χ3n) is 6.11. The van der Waals surface area contributed by atoms with Gasteiger partial charge in [0.15, 0.2) is 0 Å². The van der Waals surface area contributed by atoms with Crippen LogP contribution in [0.5, 0.6) is 0 Å². The predicted molar refractivity (Wildman–Crippen MR) is 117 cm³/mol. The highest BCUT2D eigenvalue weighted by Crippen LogP contribution is 2.39. The summed E-state index contributed by atoms with van der Waals surface area (Å²) in [7, 11) is 0. The molecule has 0 aromatic carbocycles. The summed E-state index contributed by atoms with van der Waals surface area (Å²) in [5, 5.41) is 12.2. The quantitative estimate of drug-likeness (QED) is 0.459. The van der Waals surface area contributed by atoms with Crippen molar-refractivity contribution in [2.75, 3.05) is 11.5 Å². The van der Waals surface area contributed by atoms with Gasteiger partial charge in [-0.2, -0.15) is 0 Å². The topological polar surface area (TPSA) is 129 Å². The minimum Gasteiger partial charge on any atom is -0.391 e. The van der Waals surface area contributed by atoms with Crippen molar-refractivity contribution < 1.29 is 5.11 Å². The van der Waals surface area contributed by atoms with E-state index in [2.05, 4.69) is 19.9 Å². The summed E-state index contributed by atoms with van der Waals surface area (Å²) in [6, 6.07) is 5.62. The zero-order valence-corrected chi connectivity index (χ0v) is 17.0. The molecule has 30 heavy (non-hydrogen) atoms. The van der Waals surface area contributed by atoms with Gasteiger partial charge in [0.1, 0.15) is 23.6 Å². The second-order valence-corrected chi connectivity index (χ2v) is 8.30. The number of anilines is 2. The fraction of sp³-hybridized carbons (Fsp3) is 0.333. The summed E-state index contributed by atoms with van der Waals surface area (Å²) >= 11 is 6.02. The summed E-state index contributed by atoms with van der Waals surface area (Å²) in [5.41, 5.74) is 15.1. The SMILES string of the molecule is Nc1nc2cc(CCC3CCC(n4ccc5c(N)ncnc54)[C@H]3O)cnc2cc1Cl. The molecule has 154 valence electrons. The first-order valence-corrected chi connectivity index (χ1v) is 10.3. The molecule has 1 aliphatic rings. The number of halogens is 1. The van der Waals surface area contributed by atoms with Crippen molar-refractivity contribution in [3.8, 4) is 0 Å². The molecule has 4 aromatic rings. The van der Waals surface area contributed by atoms with Gasteiger partial charge in [-0.1, -0.05) is 11.6 Å². The molecule has 0 amide bonds. The van der Waals surface area contributed by atoms with Gasteiger partial charge < -0.3 is 21.1 Å². The number of nitrogen functional groups attached to an aromatic ring is 2. The van der Waals surface area contributed by atoms with Gasteiger partial charge in [0.05, 0.1) is 33.6 Å². The van der Waals surface area contributed by atoms with Crippen molar-refractivity contribution in [2.45, 2.75) is 37.8 Å². The lowest BCUT2D eigenvalue weighted by atomic mass is 9.96. The van der Waals surface area contributed by atoms with Crippen LogP contribution in [0.3, 0.4) is 0 Å². The van der Waals surface area contributed by atoms with E-state index in [9.17, 15) is 5.11 Å². The Hall–Kier alpha value is -2.97. The van der Waals surface area contributed by atoms with Gasteiger partial charge in [0, 0.05) is 12.4 Å². The zero-order chi connectivity index (χ0) is 20.8. The molecule has 1 aliphatic carbocycles. The fourth-order valence-corrected chi connectivity index (χ4v) is 4.64. The number of hydrogen-bond donors (Lipinski definition) is 3. The summed E-state index contributed by atoms with van der Waals surface area (Å²) in [4.78, 5) is 17.2. The molecule has 4 heterocycles. The first-order valence-electron chi connectivity index (χ1n) is 9.97. The number of nitrogens with two attached hydrogens (primary N) is 2. The number of nitrogens with zero attached hydrogens (tertiary/aromatic N) is 5. The van der Waals surface area contributed by atoms with Gasteiger partial charge in [0.2, 0.25) is 0 Å². The van der Waals surface area contributed by atoms with Crippen LogP contribution < -0.4 is 11.5 Å². The second kappa shape index (κ2) is 7.37. The number of hydrogen-bond acceptors (Lipinski definition) is 7. The lowest BCUT2D eigenvalue weighted by Crippen LogP contribution is -2.24. The van der Waals surface area contributed by atoms with Gasteiger partial charge >= 0.3 is 0 Å². The standard InChI is InChI=1S/C21H22ClN7O/c22-14-8-15-16(28-20(14)24)7-11(9-25-15)1-2-12-3-4-17(18(12)30)29-6-5-13-19(23)26-10-27-21(13)29/h5-10,12,17-18,30H,1-4H2,(H2,24,28)(H2,23,26,27)/t12?,17?,18-/m0/s1. The molecule has 0 spiro atoms. The number of aliphatic hydroxyl groups is 1. The summed E-state index contributed by atoms with van der Waals surface area (Å²) in [6.45, 7) is 0. The maximum Gasteiger partial charge on any atom is 0.145 e. The molecule has 1 fully saturated rings. The second-order valence-electron chi connectivity index (χ2n) is 7.89. The van der Waals surface area contributed by atoms with E-state index in [0.717, 1.165) is 53.3 Å². The summed E-state index contributed by atoms with van der Waals surface area (Å²) in [6.07, 6.45) is 8.33. The van der Waals surface area contributed by atoms with Crippen molar-refractivity contribution in [3.63, 3.8) is 0 Å². The molecule has 8 nitrogen and oxygen atoms in total. The lowest BCUT2D eigenvalue weighted by molar-refractivity contribution is 0.0925. The Labute approximate surface area is 177 Å². The highest BCUT2D eigenvalue weighted by molar-refractivity contribution is 6.33. The van der Waals surface area contributed by atoms with Crippen LogP contribution in [0.2, 0.25) is 5.02 Å². The molecule has 5 rings (SSSR count). The van der Waals surface area contributed by atoms with Gasteiger partial charge in [-0.3, -0.25) is 4.98 Å². The number of rotatable bonds is 4. The molecule has 0 radical (unpaired) electrons. The third-order valence-corrected chi connectivity index (χ3v) is 6.42. The van der Waals surface area contributed by atoms with Crippen molar-refractivity contribution >= 4 is 45.3 Å². The van der Waals surface area contributed by atoms with Gasteiger partial charge in [-0.05, 0) is 55.4 Å². The van der Waals surface area contributed by atoms with Crippen LogP contribution in [0.25, 0.3) is 22.1 Å². The van der Waals surface area contributed by atoms with Gasteiger partial charge in [0.25, 0.3) is 0 Å². The van der Waals surface area contributed by atoms with Gasteiger partial charge in [-0.15, -0.1) is 0 Å². The molecule has 0 bridgehead atoms. The van der Waals surface area contributed by atoms with Crippen LogP contribution in [0.15, 0.2) is 36.9 Å². The Morgan fingerprint density at radius 1 is 1.10 bits per heavy atom. The summed E-state index contributed by atoms with van der Waals surface area (Å²) < 4.78 is 2.03. The number of aromatic nitrogens is 5. The van der Waals surface area contributed by atoms with E-state index in [4.69, 9.17) is 23.1 Å². The molecule has 2 unspecified atom stereocenters. The van der Waals surface area contributed by atoms with E-state index in [0.29, 0.717) is 16.7 Å². The van der Waals surface area contributed by atoms with Crippen molar-refractivity contribution in [3.05, 3.63) is 47.5 Å². The fourth-order valence-electron chi connectivity index (χ4n) is 4.49. The van der Waals surface area contributed by atoms with Crippen LogP contribution in [0.1, 0.15) is 30.9 Å². The molecule has 9 heteroatoms. The van der Waals surface area contributed by atoms with Crippen LogP contribution >= 0.6 is 11.6 Å². The van der Waals surface area contributed by atoms with Crippen molar-refractivity contribution in [2.24, 2.45) is 5.92 Å². The molecule has 3 atom stereocenters. The number of pyridine rings is 2. The molecule has 0 aliphatic heterocycles. The largest absolute Gasteiger partial charge is 0.391 e. The average Bonchev–Trinajstić information content (AvgIpc) is 3.31. The molecular formula is C21H22ClN7O. The van der Waals surface area contributed by atoms with Crippen LogP contribution in [-0.4, -0.2) is 35.7 Å². The summed E-state index contributed by atoms with van der Waals surface area (Å²) in [5.74, 6) is 0.966. The number of aliphatic hydroxyl groups excluding tert-OH is 1. The van der Waals surface area contributed by atoms with Crippen LogP contribution in [0.4, 0.5) is 11.6 Å². The molecule has 5 N–H and O–H groups in total. The zero-order valence-electron chi connectivity index (χ0n) is 16.2. The predicted octanol–water partition coefficient (Wildman–Crippen LogP) is 3.14. The van der Waals surface area contributed by atoms with E-state index >= 15 is 0 Å². The highest BCUT2D eigenvalue weighted by Gasteiger charge is 2.36. The number of fused-ring (bicyclic) bond motifs is 2. The third kappa shape index (κ3) is 3.22. The number of aryl methyl sites for hydroxylation is 1. The maximum atomic E-state index is 11.0. The molecular weight excluding hydrogens is 402 g/mol. The minimum atomic E-state index is -0.446. The van der Waals surface area contributed by atoms with E-state index in [1.165, 1.54) is 6.33 Å². The normalized spacial score (nSPS) is 21.6. The average molecular weight is 424 g/mol. The van der Waals surface area contributed by atoms with Crippen molar-refractivity contribution in [1.29, 1.82) is 0 Å². The molecule has 0 saturated heterocycles. The van der Waals surface area contributed by atoms with E-state index in [1.807, 2.05) is 29.1 Å². The van der Waals surface area contributed by atoms with E-state index < -0.39 is 6.10 Å². The van der Waals surface area contributed by atoms with E-state index in [1.54, 1.807) is 6.07 Å². The Morgan fingerprint density at radius 3 is 2.83 bits per heavy atom.